The topological polar surface area (TPSA) is 49.8 Å². The van der Waals surface area contributed by atoms with Gasteiger partial charge in [0.05, 0.1) is 17.7 Å². The third kappa shape index (κ3) is 2.34. The van der Waals surface area contributed by atoms with E-state index in [4.69, 9.17) is 4.74 Å². The summed E-state index contributed by atoms with van der Waals surface area (Å²) in [5, 5.41) is 9.84. The number of amides is 1. The molecule has 0 saturated carbocycles. The SMILES string of the molecule is Cc1ccc(C(=O)N(C)C2CCOC2C)c(O)c1. The minimum absolute atomic E-state index is 0.0402. The zero-order valence-corrected chi connectivity index (χ0v) is 11.0. The van der Waals surface area contributed by atoms with E-state index in [9.17, 15) is 9.90 Å². The molecule has 0 spiro atoms. The lowest BCUT2D eigenvalue weighted by atomic mass is 10.1. The van der Waals surface area contributed by atoms with Gasteiger partial charge >= 0.3 is 0 Å². The third-order valence-electron chi connectivity index (χ3n) is 3.54. The summed E-state index contributed by atoms with van der Waals surface area (Å²) in [4.78, 5) is 14.0. The highest BCUT2D eigenvalue weighted by Gasteiger charge is 2.31. The van der Waals surface area contributed by atoms with Gasteiger partial charge in [0, 0.05) is 13.7 Å². The van der Waals surface area contributed by atoms with Gasteiger partial charge < -0.3 is 14.7 Å². The van der Waals surface area contributed by atoms with Crippen LogP contribution in [0.3, 0.4) is 0 Å². The Balaban J connectivity index is 2.20. The number of phenols is 1. The molecule has 4 nitrogen and oxygen atoms in total. The molecule has 1 amide bonds. The molecule has 0 aliphatic carbocycles. The van der Waals surface area contributed by atoms with Gasteiger partial charge in [0.1, 0.15) is 5.75 Å². The van der Waals surface area contributed by atoms with Crippen molar-refractivity contribution in [3.05, 3.63) is 29.3 Å². The predicted molar refractivity (Wildman–Crippen MR) is 68.8 cm³/mol. The predicted octanol–water partition coefficient (Wildman–Crippen LogP) is 1.95. The molecule has 1 aliphatic heterocycles. The van der Waals surface area contributed by atoms with Gasteiger partial charge in [-0.1, -0.05) is 6.07 Å². The number of aryl methyl sites for hydroxylation is 1. The number of aromatic hydroxyl groups is 1. The van der Waals surface area contributed by atoms with Crippen LogP contribution in [-0.2, 0) is 4.74 Å². The van der Waals surface area contributed by atoms with Crippen LogP contribution in [0.5, 0.6) is 5.75 Å². The minimum atomic E-state index is -0.158. The van der Waals surface area contributed by atoms with Gasteiger partial charge in [-0.05, 0) is 38.0 Å². The van der Waals surface area contributed by atoms with E-state index in [0.29, 0.717) is 12.2 Å². The molecule has 1 saturated heterocycles. The number of carbonyl (C=O) groups is 1. The van der Waals surface area contributed by atoms with Crippen LogP contribution >= 0.6 is 0 Å². The second-order valence-electron chi connectivity index (χ2n) is 4.87. The fourth-order valence-corrected chi connectivity index (χ4v) is 2.39. The van der Waals surface area contributed by atoms with Gasteiger partial charge in [-0.3, -0.25) is 4.79 Å². The second-order valence-corrected chi connectivity index (χ2v) is 4.87. The van der Waals surface area contributed by atoms with E-state index in [1.807, 2.05) is 19.9 Å². The molecular weight excluding hydrogens is 230 g/mol. The third-order valence-corrected chi connectivity index (χ3v) is 3.54. The number of carbonyl (C=O) groups excluding carboxylic acids is 1. The Bertz CT molecular complexity index is 458. The number of hydrogen-bond donors (Lipinski definition) is 1. The van der Waals surface area contributed by atoms with E-state index < -0.39 is 0 Å². The van der Waals surface area contributed by atoms with Gasteiger partial charge in [-0.2, -0.15) is 0 Å². The van der Waals surface area contributed by atoms with Gasteiger partial charge in [0.15, 0.2) is 0 Å². The molecule has 4 heteroatoms. The van der Waals surface area contributed by atoms with Gasteiger partial charge in [0.2, 0.25) is 0 Å². The van der Waals surface area contributed by atoms with Gasteiger partial charge in [-0.25, -0.2) is 0 Å². The minimum Gasteiger partial charge on any atom is -0.507 e. The second kappa shape index (κ2) is 4.98. The Labute approximate surface area is 107 Å². The van der Waals surface area contributed by atoms with E-state index in [0.717, 1.165) is 12.0 Å². The zero-order chi connectivity index (χ0) is 13.3. The van der Waals surface area contributed by atoms with Gasteiger partial charge in [0.25, 0.3) is 5.91 Å². The fraction of sp³-hybridized carbons (Fsp3) is 0.500. The highest BCUT2D eigenvalue weighted by molar-refractivity contribution is 5.97. The molecule has 2 unspecified atom stereocenters. The van der Waals surface area contributed by atoms with Crippen LogP contribution in [0.2, 0.25) is 0 Å². The van der Waals surface area contributed by atoms with Crippen LogP contribution in [0.25, 0.3) is 0 Å². The zero-order valence-electron chi connectivity index (χ0n) is 11.0. The lowest BCUT2D eigenvalue weighted by Gasteiger charge is -2.27. The van der Waals surface area contributed by atoms with Crippen LogP contribution < -0.4 is 0 Å². The molecule has 2 atom stereocenters. The van der Waals surface area contributed by atoms with Crippen molar-refractivity contribution >= 4 is 5.91 Å². The first-order valence-corrected chi connectivity index (χ1v) is 6.19. The van der Waals surface area contributed by atoms with Crippen LogP contribution in [0.15, 0.2) is 18.2 Å². The molecule has 2 rings (SSSR count). The molecule has 18 heavy (non-hydrogen) atoms. The lowest BCUT2D eigenvalue weighted by Crippen LogP contribution is -2.41. The molecule has 1 aromatic carbocycles. The maximum atomic E-state index is 12.3. The maximum Gasteiger partial charge on any atom is 0.257 e. The summed E-state index contributed by atoms with van der Waals surface area (Å²) in [7, 11) is 1.76. The van der Waals surface area contributed by atoms with E-state index in [1.54, 1.807) is 24.1 Å². The van der Waals surface area contributed by atoms with Crippen molar-refractivity contribution in [1.82, 2.24) is 4.90 Å². The summed E-state index contributed by atoms with van der Waals surface area (Å²) < 4.78 is 5.47. The Morgan fingerprint density at radius 3 is 2.78 bits per heavy atom. The molecule has 98 valence electrons. The van der Waals surface area contributed by atoms with Crippen LogP contribution in [-0.4, -0.2) is 41.7 Å². The smallest absolute Gasteiger partial charge is 0.257 e. The van der Waals surface area contributed by atoms with Crippen molar-refractivity contribution in [1.29, 1.82) is 0 Å². The standard InChI is InChI=1S/C14H19NO3/c1-9-4-5-11(13(16)8-9)14(17)15(3)12-6-7-18-10(12)2/h4-5,8,10,12,16H,6-7H2,1-3H3. The molecule has 1 aromatic rings. The average Bonchev–Trinajstić information content (AvgIpc) is 2.74. The van der Waals surface area contributed by atoms with Crippen LogP contribution in [0, 0.1) is 6.92 Å². The first kappa shape index (κ1) is 12.9. The molecular formula is C14H19NO3. The Kier molecular flexibility index (Phi) is 3.57. The first-order chi connectivity index (χ1) is 8.50. The number of ether oxygens (including phenoxy) is 1. The quantitative estimate of drug-likeness (QED) is 0.871. The van der Waals surface area contributed by atoms with Crippen molar-refractivity contribution in [2.24, 2.45) is 0 Å². The van der Waals surface area contributed by atoms with Crippen molar-refractivity contribution in [2.75, 3.05) is 13.7 Å². The number of phenolic OH excluding ortho intramolecular Hbond substituents is 1. The normalized spacial score (nSPS) is 23.1. The summed E-state index contributed by atoms with van der Waals surface area (Å²) in [5.74, 6) is -0.117. The average molecular weight is 249 g/mol. The summed E-state index contributed by atoms with van der Waals surface area (Å²) in [6.07, 6.45) is 0.891. The number of benzene rings is 1. The number of hydrogen-bond acceptors (Lipinski definition) is 3. The fourth-order valence-electron chi connectivity index (χ4n) is 2.39. The molecule has 0 aromatic heterocycles. The van der Waals surface area contributed by atoms with Crippen molar-refractivity contribution in [3.8, 4) is 5.75 Å². The van der Waals surface area contributed by atoms with E-state index in [-0.39, 0.29) is 23.8 Å². The number of nitrogens with zero attached hydrogens (tertiary/aromatic N) is 1. The van der Waals surface area contributed by atoms with Gasteiger partial charge in [-0.15, -0.1) is 0 Å². The van der Waals surface area contributed by atoms with Crippen LogP contribution in [0.4, 0.5) is 0 Å². The maximum absolute atomic E-state index is 12.3. The van der Waals surface area contributed by atoms with Crippen molar-refractivity contribution < 1.29 is 14.6 Å². The monoisotopic (exact) mass is 249 g/mol. The summed E-state index contributed by atoms with van der Waals surface area (Å²) in [5.41, 5.74) is 1.28. The lowest BCUT2D eigenvalue weighted by molar-refractivity contribution is 0.0572. The first-order valence-electron chi connectivity index (χ1n) is 6.19. The Morgan fingerprint density at radius 1 is 1.50 bits per heavy atom. The Morgan fingerprint density at radius 2 is 2.22 bits per heavy atom. The summed E-state index contributed by atoms with van der Waals surface area (Å²) >= 11 is 0. The summed E-state index contributed by atoms with van der Waals surface area (Å²) in [6.45, 7) is 4.53. The molecule has 0 bridgehead atoms. The van der Waals surface area contributed by atoms with E-state index >= 15 is 0 Å². The highest BCUT2D eigenvalue weighted by atomic mass is 16.5. The van der Waals surface area contributed by atoms with E-state index in [2.05, 4.69) is 0 Å². The molecule has 0 radical (unpaired) electrons. The summed E-state index contributed by atoms with van der Waals surface area (Å²) in [6, 6.07) is 5.19. The number of likely N-dealkylation sites (N-methyl/N-ethyl adjacent to an activating group) is 1. The van der Waals surface area contributed by atoms with Crippen molar-refractivity contribution in [3.63, 3.8) is 0 Å². The largest absolute Gasteiger partial charge is 0.507 e. The highest BCUT2D eigenvalue weighted by Crippen LogP contribution is 2.24. The molecule has 1 aliphatic rings. The van der Waals surface area contributed by atoms with E-state index in [1.165, 1.54) is 0 Å². The van der Waals surface area contributed by atoms with Crippen LogP contribution in [0.1, 0.15) is 29.3 Å². The van der Waals surface area contributed by atoms with Crippen molar-refractivity contribution in [2.45, 2.75) is 32.4 Å². The Hall–Kier alpha value is -1.55. The number of rotatable bonds is 2. The molecule has 1 fully saturated rings. The molecule has 1 heterocycles. The molecule has 1 N–H and O–H groups in total.